The van der Waals surface area contributed by atoms with Crippen LogP contribution in [-0.4, -0.2) is 22.1 Å². The molecule has 25 heavy (non-hydrogen) atoms. The Bertz CT molecular complexity index is 1030. The summed E-state index contributed by atoms with van der Waals surface area (Å²) in [6.45, 7) is 0. The van der Waals surface area contributed by atoms with Crippen molar-refractivity contribution in [3.63, 3.8) is 0 Å². The summed E-state index contributed by atoms with van der Waals surface area (Å²) in [4.78, 5) is 30.8. The molecular formula is C17H12Cl2N4O2. The zero-order valence-electron chi connectivity index (χ0n) is 12.8. The second kappa shape index (κ2) is 7.46. The van der Waals surface area contributed by atoms with Crippen LogP contribution in [0.15, 0.2) is 52.4 Å². The molecule has 3 rings (SSSR count). The molecule has 3 aromatic rings. The summed E-state index contributed by atoms with van der Waals surface area (Å²) < 4.78 is 0. The number of amides is 1. The Kier molecular flexibility index (Phi) is 5.11. The van der Waals surface area contributed by atoms with Gasteiger partial charge < -0.3 is 4.98 Å². The SMILES string of the molecule is O=C(Cc1nc2ccccc2[nH]c1=O)NN=Cc1ccc(Cl)c(Cl)c1. The van der Waals surface area contributed by atoms with E-state index in [4.69, 9.17) is 23.2 Å². The number of para-hydroxylation sites is 2. The molecule has 0 aliphatic carbocycles. The van der Waals surface area contributed by atoms with Crippen molar-refractivity contribution >= 4 is 46.4 Å². The molecule has 0 saturated carbocycles. The van der Waals surface area contributed by atoms with Gasteiger partial charge in [-0.1, -0.05) is 41.4 Å². The maximum absolute atomic E-state index is 12.0. The van der Waals surface area contributed by atoms with Crippen molar-refractivity contribution < 1.29 is 4.79 Å². The van der Waals surface area contributed by atoms with Gasteiger partial charge in [-0.15, -0.1) is 0 Å². The molecule has 0 fully saturated rings. The van der Waals surface area contributed by atoms with Gasteiger partial charge in [-0.3, -0.25) is 9.59 Å². The van der Waals surface area contributed by atoms with Gasteiger partial charge in [-0.2, -0.15) is 5.10 Å². The van der Waals surface area contributed by atoms with Crippen LogP contribution >= 0.6 is 23.2 Å². The molecule has 126 valence electrons. The van der Waals surface area contributed by atoms with Gasteiger partial charge in [0.2, 0.25) is 5.91 Å². The number of carbonyl (C=O) groups excluding carboxylic acids is 1. The number of nitrogens with zero attached hydrogens (tertiary/aromatic N) is 2. The van der Waals surface area contributed by atoms with Crippen LogP contribution in [0.2, 0.25) is 10.0 Å². The quantitative estimate of drug-likeness (QED) is 0.543. The number of carbonyl (C=O) groups is 1. The van der Waals surface area contributed by atoms with Crippen LogP contribution in [0.3, 0.4) is 0 Å². The van der Waals surface area contributed by atoms with Crippen LogP contribution in [0.5, 0.6) is 0 Å². The predicted octanol–water partition coefficient (Wildman–Crippen LogP) is 2.92. The average molecular weight is 375 g/mol. The third-order valence-corrected chi connectivity index (χ3v) is 4.08. The molecular weight excluding hydrogens is 363 g/mol. The molecule has 8 heteroatoms. The van der Waals surface area contributed by atoms with E-state index >= 15 is 0 Å². The van der Waals surface area contributed by atoms with Gasteiger partial charge in [0.25, 0.3) is 5.56 Å². The fourth-order valence-corrected chi connectivity index (χ4v) is 2.46. The van der Waals surface area contributed by atoms with Crippen LogP contribution in [0.1, 0.15) is 11.3 Å². The lowest BCUT2D eigenvalue weighted by Gasteiger charge is -2.02. The Morgan fingerprint density at radius 1 is 1.20 bits per heavy atom. The predicted molar refractivity (Wildman–Crippen MR) is 98.3 cm³/mol. The second-order valence-corrected chi connectivity index (χ2v) is 5.99. The molecule has 1 aromatic heterocycles. The first-order valence-corrected chi connectivity index (χ1v) is 8.03. The van der Waals surface area contributed by atoms with Crippen LogP contribution in [-0.2, 0) is 11.2 Å². The number of halogens is 2. The van der Waals surface area contributed by atoms with Crippen LogP contribution < -0.4 is 11.0 Å². The fraction of sp³-hybridized carbons (Fsp3) is 0.0588. The Labute approximate surface area is 152 Å². The maximum Gasteiger partial charge on any atom is 0.270 e. The molecule has 0 radical (unpaired) electrons. The third-order valence-electron chi connectivity index (χ3n) is 3.34. The van der Waals surface area contributed by atoms with E-state index in [9.17, 15) is 9.59 Å². The maximum atomic E-state index is 12.0. The number of aromatic nitrogens is 2. The van der Waals surface area contributed by atoms with E-state index in [1.165, 1.54) is 6.21 Å². The smallest absolute Gasteiger partial charge is 0.270 e. The monoisotopic (exact) mass is 374 g/mol. The molecule has 0 bridgehead atoms. The number of hydrazone groups is 1. The van der Waals surface area contributed by atoms with E-state index < -0.39 is 11.5 Å². The van der Waals surface area contributed by atoms with Crippen molar-refractivity contribution in [1.82, 2.24) is 15.4 Å². The van der Waals surface area contributed by atoms with E-state index in [-0.39, 0.29) is 12.1 Å². The largest absolute Gasteiger partial charge is 0.319 e. The fourth-order valence-electron chi connectivity index (χ4n) is 2.15. The van der Waals surface area contributed by atoms with Crippen molar-refractivity contribution in [1.29, 1.82) is 0 Å². The zero-order chi connectivity index (χ0) is 17.8. The topological polar surface area (TPSA) is 87.2 Å². The van der Waals surface area contributed by atoms with Gasteiger partial charge in [0, 0.05) is 0 Å². The van der Waals surface area contributed by atoms with Gasteiger partial charge in [0.1, 0.15) is 5.69 Å². The Balaban J connectivity index is 1.68. The average Bonchev–Trinajstić information content (AvgIpc) is 2.59. The second-order valence-electron chi connectivity index (χ2n) is 5.17. The number of benzene rings is 2. The van der Waals surface area contributed by atoms with Crippen molar-refractivity contribution in [2.24, 2.45) is 5.10 Å². The molecule has 2 aromatic carbocycles. The molecule has 0 aliphatic heterocycles. The van der Waals surface area contributed by atoms with Crippen molar-refractivity contribution in [2.45, 2.75) is 6.42 Å². The lowest BCUT2D eigenvalue weighted by molar-refractivity contribution is -0.120. The summed E-state index contributed by atoms with van der Waals surface area (Å²) in [6, 6.07) is 12.1. The summed E-state index contributed by atoms with van der Waals surface area (Å²) in [5, 5.41) is 4.66. The highest BCUT2D eigenvalue weighted by atomic mass is 35.5. The highest BCUT2D eigenvalue weighted by Crippen LogP contribution is 2.21. The van der Waals surface area contributed by atoms with Gasteiger partial charge in [0.15, 0.2) is 0 Å². The lowest BCUT2D eigenvalue weighted by atomic mass is 10.2. The molecule has 0 unspecified atom stereocenters. The highest BCUT2D eigenvalue weighted by Gasteiger charge is 2.09. The first-order valence-electron chi connectivity index (χ1n) is 7.28. The summed E-state index contributed by atoms with van der Waals surface area (Å²) >= 11 is 11.7. The standard InChI is InChI=1S/C17H12Cl2N4O2/c18-11-6-5-10(7-12(11)19)9-20-23-16(24)8-15-17(25)22-14-4-2-1-3-13(14)21-15/h1-7,9H,8H2,(H,22,25)(H,23,24). The molecule has 1 heterocycles. The number of nitrogens with one attached hydrogen (secondary N) is 2. The minimum atomic E-state index is -0.454. The summed E-state index contributed by atoms with van der Waals surface area (Å²) in [7, 11) is 0. The normalized spacial score (nSPS) is 11.1. The van der Waals surface area contributed by atoms with Gasteiger partial charge in [-0.25, -0.2) is 10.4 Å². The Hall–Kier alpha value is -2.70. The van der Waals surface area contributed by atoms with Crippen LogP contribution in [0.25, 0.3) is 11.0 Å². The molecule has 0 aliphatic rings. The number of hydrogen-bond donors (Lipinski definition) is 2. The van der Waals surface area contributed by atoms with E-state index in [0.717, 1.165) is 0 Å². The molecule has 2 N–H and O–H groups in total. The molecule has 0 spiro atoms. The lowest BCUT2D eigenvalue weighted by Crippen LogP contribution is -2.25. The number of aromatic amines is 1. The minimum Gasteiger partial charge on any atom is -0.319 e. The molecule has 1 amide bonds. The first-order chi connectivity index (χ1) is 12.0. The van der Waals surface area contributed by atoms with E-state index in [1.54, 1.807) is 42.5 Å². The zero-order valence-corrected chi connectivity index (χ0v) is 14.3. The number of hydrogen-bond acceptors (Lipinski definition) is 4. The van der Waals surface area contributed by atoms with Crippen molar-refractivity contribution in [2.75, 3.05) is 0 Å². The minimum absolute atomic E-state index is 0.126. The van der Waals surface area contributed by atoms with Gasteiger partial charge in [-0.05, 0) is 29.8 Å². The van der Waals surface area contributed by atoms with Crippen LogP contribution in [0.4, 0.5) is 0 Å². The van der Waals surface area contributed by atoms with E-state index in [1.807, 2.05) is 0 Å². The van der Waals surface area contributed by atoms with Gasteiger partial charge in [0.05, 0.1) is 33.7 Å². The van der Waals surface area contributed by atoms with Crippen LogP contribution in [0, 0.1) is 0 Å². The summed E-state index contributed by atoms with van der Waals surface area (Å²) in [5.41, 5.74) is 3.99. The highest BCUT2D eigenvalue weighted by molar-refractivity contribution is 6.42. The number of rotatable bonds is 4. The van der Waals surface area contributed by atoms with E-state index in [2.05, 4.69) is 20.5 Å². The van der Waals surface area contributed by atoms with Crippen molar-refractivity contribution in [3.05, 3.63) is 74.1 Å². The van der Waals surface area contributed by atoms with Crippen molar-refractivity contribution in [3.8, 4) is 0 Å². The number of fused-ring (bicyclic) bond motifs is 1. The Morgan fingerprint density at radius 3 is 2.80 bits per heavy atom. The summed E-state index contributed by atoms with van der Waals surface area (Å²) in [5.74, 6) is -0.454. The molecule has 0 saturated heterocycles. The molecule has 0 atom stereocenters. The Morgan fingerprint density at radius 2 is 2.00 bits per heavy atom. The van der Waals surface area contributed by atoms with Gasteiger partial charge >= 0.3 is 0 Å². The third kappa shape index (κ3) is 4.23. The van der Waals surface area contributed by atoms with E-state index in [0.29, 0.717) is 26.6 Å². The summed E-state index contributed by atoms with van der Waals surface area (Å²) in [6.07, 6.45) is 1.25. The number of H-pyrrole nitrogens is 1. The molecule has 6 nitrogen and oxygen atoms in total. The first kappa shape index (κ1) is 17.1.